The third-order valence-electron chi connectivity index (χ3n) is 3.81. The number of fused-ring (bicyclic) bond motifs is 1. The molecule has 0 amide bonds. The Hall–Kier alpha value is -1.23. The fourth-order valence-corrected chi connectivity index (χ4v) is 2.96. The molecule has 1 aromatic heterocycles. The van der Waals surface area contributed by atoms with Crippen LogP contribution in [0.2, 0.25) is 0 Å². The van der Waals surface area contributed by atoms with E-state index in [1.807, 2.05) is 18.3 Å². The van der Waals surface area contributed by atoms with Gasteiger partial charge in [-0.25, -0.2) is 0 Å². The van der Waals surface area contributed by atoms with E-state index in [9.17, 15) is 0 Å². The highest BCUT2D eigenvalue weighted by atomic mass is 79.9. The molecular formula is C15H16BrN3. The van der Waals surface area contributed by atoms with Crippen molar-refractivity contribution in [2.45, 2.75) is 24.8 Å². The van der Waals surface area contributed by atoms with Crippen LogP contribution in [0.25, 0.3) is 0 Å². The van der Waals surface area contributed by atoms with Gasteiger partial charge in [0.05, 0.1) is 0 Å². The molecule has 3 N–H and O–H groups in total. The van der Waals surface area contributed by atoms with Gasteiger partial charge >= 0.3 is 0 Å². The molecule has 0 fully saturated rings. The zero-order valence-electron chi connectivity index (χ0n) is 10.5. The summed E-state index contributed by atoms with van der Waals surface area (Å²) in [5.74, 6) is 6.22. The van der Waals surface area contributed by atoms with Crippen LogP contribution in [0.4, 0.5) is 0 Å². The van der Waals surface area contributed by atoms with Gasteiger partial charge in [0, 0.05) is 34.7 Å². The molecule has 2 aromatic rings. The Morgan fingerprint density at radius 2 is 2.16 bits per heavy atom. The van der Waals surface area contributed by atoms with Crippen molar-refractivity contribution >= 4 is 15.9 Å². The third kappa shape index (κ3) is 2.56. The van der Waals surface area contributed by atoms with Gasteiger partial charge in [0.1, 0.15) is 0 Å². The third-order valence-corrected chi connectivity index (χ3v) is 4.28. The molecule has 0 saturated heterocycles. The molecule has 3 rings (SSSR count). The van der Waals surface area contributed by atoms with Gasteiger partial charge in [0.2, 0.25) is 0 Å². The number of nitrogens with one attached hydrogen (secondary N) is 1. The Labute approximate surface area is 121 Å². The maximum absolute atomic E-state index is 5.73. The molecule has 0 bridgehead atoms. The van der Waals surface area contributed by atoms with E-state index in [0.717, 1.165) is 23.0 Å². The molecule has 0 aliphatic heterocycles. The van der Waals surface area contributed by atoms with Crippen molar-refractivity contribution in [2.24, 2.45) is 5.84 Å². The molecule has 3 nitrogen and oxygen atoms in total. The van der Waals surface area contributed by atoms with E-state index < -0.39 is 0 Å². The van der Waals surface area contributed by atoms with Crippen LogP contribution >= 0.6 is 15.9 Å². The van der Waals surface area contributed by atoms with E-state index in [1.165, 1.54) is 11.1 Å². The molecule has 1 aliphatic carbocycles. The highest BCUT2D eigenvalue weighted by Crippen LogP contribution is 2.37. The number of hydrogen-bond acceptors (Lipinski definition) is 3. The normalized spacial score (nSPS) is 18.5. The summed E-state index contributed by atoms with van der Waals surface area (Å²) in [7, 11) is 0. The van der Waals surface area contributed by atoms with Gasteiger partial charge in [-0.2, -0.15) is 0 Å². The number of halogens is 1. The zero-order valence-corrected chi connectivity index (χ0v) is 12.1. The minimum atomic E-state index is 0.239. The predicted molar refractivity (Wildman–Crippen MR) is 79.6 cm³/mol. The van der Waals surface area contributed by atoms with Crippen LogP contribution in [0.3, 0.4) is 0 Å². The minimum Gasteiger partial charge on any atom is -0.271 e. The second-order valence-electron chi connectivity index (χ2n) is 4.95. The van der Waals surface area contributed by atoms with Gasteiger partial charge in [-0.15, -0.1) is 0 Å². The van der Waals surface area contributed by atoms with Crippen molar-refractivity contribution in [2.75, 3.05) is 0 Å². The van der Waals surface area contributed by atoms with Crippen LogP contribution < -0.4 is 11.3 Å². The van der Waals surface area contributed by atoms with Gasteiger partial charge < -0.3 is 0 Å². The van der Waals surface area contributed by atoms with E-state index in [4.69, 9.17) is 5.84 Å². The molecule has 1 heterocycles. The second-order valence-corrected chi connectivity index (χ2v) is 5.87. The van der Waals surface area contributed by atoms with Gasteiger partial charge in [0.25, 0.3) is 0 Å². The summed E-state index contributed by atoms with van der Waals surface area (Å²) in [6, 6.07) is 12.9. The van der Waals surface area contributed by atoms with E-state index >= 15 is 0 Å². The molecule has 0 radical (unpaired) electrons. The quantitative estimate of drug-likeness (QED) is 0.673. The number of aromatic nitrogens is 1. The molecular weight excluding hydrogens is 302 g/mol. The Kier molecular flexibility index (Phi) is 3.64. The summed E-state index contributed by atoms with van der Waals surface area (Å²) in [5.41, 5.74) is 6.88. The number of hydrogen-bond donors (Lipinski definition) is 2. The van der Waals surface area contributed by atoms with Crippen LogP contribution in [0.5, 0.6) is 0 Å². The summed E-state index contributed by atoms with van der Waals surface area (Å²) < 4.78 is 1.00. The first-order valence-electron chi connectivity index (χ1n) is 6.42. The summed E-state index contributed by atoms with van der Waals surface area (Å²) in [6.45, 7) is 0. The molecule has 2 atom stereocenters. The highest BCUT2D eigenvalue weighted by Gasteiger charge is 2.32. The monoisotopic (exact) mass is 317 g/mol. The minimum absolute atomic E-state index is 0.239. The zero-order chi connectivity index (χ0) is 13.2. The first-order chi connectivity index (χ1) is 9.28. The van der Waals surface area contributed by atoms with Crippen LogP contribution in [-0.4, -0.2) is 11.0 Å². The Morgan fingerprint density at radius 3 is 2.84 bits per heavy atom. The van der Waals surface area contributed by atoms with Crippen molar-refractivity contribution in [3.05, 3.63) is 63.9 Å². The van der Waals surface area contributed by atoms with E-state index in [-0.39, 0.29) is 6.04 Å². The number of pyridine rings is 1. The SMILES string of the molecule is NNC(Cc1ccc(Br)cn1)C1Cc2ccccc21. The van der Waals surface area contributed by atoms with E-state index in [2.05, 4.69) is 50.6 Å². The Balaban J connectivity index is 1.74. The first kappa shape index (κ1) is 12.8. The van der Waals surface area contributed by atoms with Gasteiger partial charge in [-0.3, -0.25) is 16.3 Å². The van der Waals surface area contributed by atoms with Gasteiger partial charge in [-0.05, 0) is 45.6 Å². The smallest absolute Gasteiger partial charge is 0.0420 e. The van der Waals surface area contributed by atoms with E-state index in [1.54, 1.807) is 0 Å². The summed E-state index contributed by atoms with van der Waals surface area (Å²) in [6.07, 6.45) is 3.78. The maximum atomic E-state index is 5.73. The topological polar surface area (TPSA) is 50.9 Å². The fourth-order valence-electron chi connectivity index (χ4n) is 2.73. The second kappa shape index (κ2) is 5.41. The standard InChI is InChI=1S/C15H16BrN3/c16-11-5-6-12(18-9-11)8-15(19-17)14-7-10-3-1-2-4-13(10)14/h1-6,9,14-15,19H,7-8,17H2. The number of nitrogens with zero attached hydrogens (tertiary/aromatic N) is 1. The summed E-state index contributed by atoms with van der Waals surface area (Å²) >= 11 is 3.40. The lowest BCUT2D eigenvalue weighted by atomic mass is 9.72. The number of rotatable bonds is 4. The average molecular weight is 318 g/mol. The fraction of sp³-hybridized carbons (Fsp3) is 0.267. The van der Waals surface area contributed by atoms with Crippen LogP contribution in [0, 0.1) is 0 Å². The largest absolute Gasteiger partial charge is 0.271 e. The molecule has 19 heavy (non-hydrogen) atoms. The van der Waals surface area contributed by atoms with Crippen molar-refractivity contribution in [1.82, 2.24) is 10.4 Å². The van der Waals surface area contributed by atoms with Gasteiger partial charge in [-0.1, -0.05) is 24.3 Å². The summed E-state index contributed by atoms with van der Waals surface area (Å²) in [4.78, 5) is 4.42. The molecule has 4 heteroatoms. The number of nitrogens with two attached hydrogens (primary N) is 1. The predicted octanol–water partition coefficient (Wildman–Crippen LogP) is 2.56. The Morgan fingerprint density at radius 1 is 1.32 bits per heavy atom. The lowest BCUT2D eigenvalue weighted by Gasteiger charge is -2.36. The lowest BCUT2D eigenvalue weighted by Crippen LogP contribution is -2.45. The average Bonchev–Trinajstić information content (AvgIpc) is 2.41. The highest BCUT2D eigenvalue weighted by molar-refractivity contribution is 9.10. The van der Waals surface area contributed by atoms with Crippen LogP contribution in [0.1, 0.15) is 22.7 Å². The van der Waals surface area contributed by atoms with E-state index in [0.29, 0.717) is 5.92 Å². The molecule has 98 valence electrons. The first-order valence-corrected chi connectivity index (χ1v) is 7.21. The number of benzene rings is 1. The molecule has 1 aromatic carbocycles. The number of hydrazine groups is 1. The van der Waals surface area contributed by atoms with Crippen molar-refractivity contribution in [3.63, 3.8) is 0 Å². The van der Waals surface area contributed by atoms with Crippen molar-refractivity contribution < 1.29 is 0 Å². The Bertz CT molecular complexity index is 568. The molecule has 0 spiro atoms. The lowest BCUT2D eigenvalue weighted by molar-refractivity contribution is 0.401. The van der Waals surface area contributed by atoms with Crippen LogP contribution in [0.15, 0.2) is 47.1 Å². The van der Waals surface area contributed by atoms with Gasteiger partial charge in [0.15, 0.2) is 0 Å². The van der Waals surface area contributed by atoms with Crippen LogP contribution in [-0.2, 0) is 12.8 Å². The molecule has 1 aliphatic rings. The molecule has 0 saturated carbocycles. The maximum Gasteiger partial charge on any atom is 0.0420 e. The molecule has 2 unspecified atom stereocenters. The van der Waals surface area contributed by atoms with Crippen molar-refractivity contribution in [3.8, 4) is 0 Å². The van der Waals surface area contributed by atoms with Crippen molar-refractivity contribution in [1.29, 1.82) is 0 Å². The summed E-state index contributed by atoms with van der Waals surface area (Å²) in [5, 5.41) is 0.